The number of benzene rings is 1. The monoisotopic (exact) mass is 379 g/mol. The summed E-state index contributed by atoms with van der Waals surface area (Å²) >= 11 is 0. The van der Waals surface area contributed by atoms with Crippen LogP contribution < -0.4 is 10.2 Å². The Bertz CT molecular complexity index is 798. The van der Waals surface area contributed by atoms with Crippen molar-refractivity contribution in [2.75, 3.05) is 44.2 Å². The quantitative estimate of drug-likeness (QED) is 0.802. The third-order valence-corrected chi connectivity index (χ3v) is 4.76. The molecule has 1 fully saturated rings. The van der Waals surface area contributed by atoms with Crippen LogP contribution in [0, 0.1) is 6.92 Å². The van der Waals surface area contributed by atoms with Gasteiger partial charge in [0.1, 0.15) is 17.3 Å². The molecule has 1 aliphatic heterocycles. The Kier molecular flexibility index (Phi) is 7.14. The molecule has 1 N–H and O–H groups in total. The largest absolute Gasteiger partial charge is 0.354 e. The fourth-order valence-corrected chi connectivity index (χ4v) is 3.22. The Morgan fingerprint density at radius 1 is 1.14 bits per heavy atom. The number of nitrogens with one attached hydrogen (secondary N) is 1. The van der Waals surface area contributed by atoms with Crippen LogP contribution in [0.5, 0.6) is 0 Å². The van der Waals surface area contributed by atoms with Gasteiger partial charge in [-0.3, -0.25) is 9.69 Å². The van der Waals surface area contributed by atoms with E-state index in [1.54, 1.807) is 0 Å². The topological polar surface area (TPSA) is 61.4 Å². The number of amides is 1. The summed E-state index contributed by atoms with van der Waals surface area (Å²) in [7, 11) is 0. The average Bonchev–Trinajstić information content (AvgIpc) is 2.73. The molecule has 0 saturated carbocycles. The van der Waals surface area contributed by atoms with Gasteiger partial charge in [-0.05, 0) is 18.9 Å². The maximum atomic E-state index is 12.2. The predicted molar refractivity (Wildman–Crippen MR) is 114 cm³/mol. The van der Waals surface area contributed by atoms with E-state index in [1.165, 1.54) is 5.56 Å². The summed E-state index contributed by atoms with van der Waals surface area (Å²) in [6.45, 7) is 9.20. The molecule has 0 unspecified atom stereocenters. The molecule has 3 rings (SSSR count). The highest BCUT2D eigenvalue weighted by molar-refractivity contribution is 5.92. The van der Waals surface area contributed by atoms with Gasteiger partial charge in [0.25, 0.3) is 5.91 Å². The Morgan fingerprint density at radius 3 is 2.61 bits per heavy atom. The van der Waals surface area contributed by atoms with Crippen LogP contribution in [0.4, 0.5) is 5.82 Å². The molecule has 0 spiro atoms. The van der Waals surface area contributed by atoms with Gasteiger partial charge in [-0.15, -0.1) is 0 Å². The fraction of sp³-hybridized carbons (Fsp3) is 0.409. The fourth-order valence-electron chi connectivity index (χ4n) is 3.22. The molecule has 28 heavy (non-hydrogen) atoms. The van der Waals surface area contributed by atoms with E-state index in [9.17, 15) is 4.79 Å². The summed E-state index contributed by atoms with van der Waals surface area (Å²) in [4.78, 5) is 25.8. The second kappa shape index (κ2) is 9.99. The van der Waals surface area contributed by atoms with Gasteiger partial charge in [0.15, 0.2) is 0 Å². The third-order valence-electron chi connectivity index (χ3n) is 4.76. The van der Waals surface area contributed by atoms with Gasteiger partial charge in [-0.2, -0.15) is 0 Å². The third kappa shape index (κ3) is 5.63. The van der Waals surface area contributed by atoms with Crippen molar-refractivity contribution in [1.29, 1.82) is 0 Å². The zero-order valence-electron chi connectivity index (χ0n) is 16.8. The summed E-state index contributed by atoms with van der Waals surface area (Å²) in [5.74, 6) is 1.35. The van der Waals surface area contributed by atoms with Gasteiger partial charge in [0, 0.05) is 45.3 Å². The molecule has 6 nitrogen and oxygen atoms in total. The normalized spacial score (nSPS) is 15.1. The van der Waals surface area contributed by atoms with Gasteiger partial charge in [0.05, 0.1) is 0 Å². The minimum absolute atomic E-state index is 0.127. The van der Waals surface area contributed by atoms with Crippen molar-refractivity contribution in [3.63, 3.8) is 0 Å². The van der Waals surface area contributed by atoms with E-state index >= 15 is 0 Å². The molecule has 0 atom stereocenters. The van der Waals surface area contributed by atoms with Gasteiger partial charge in [0.2, 0.25) is 0 Å². The molecular weight excluding hydrogens is 350 g/mol. The standard InChI is InChI=1S/C22H29N5O/c1-3-11-23-22(28)20-17-21(25-18(2)24-20)27-15-13-26(14-16-27)12-7-10-19-8-5-4-6-9-19/h4-10,17H,3,11-16H2,1-2H3,(H,23,28)/b10-7+. The molecular formula is C22H29N5O. The minimum atomic E-state index is -0.127. The van der Waals surface area contributed by atoms with Crippen LogP contribution in [-0.4, -0.2) is 60.0 Å². The lowest BCUT2D eigenvalue weighted by Gasteiger charge is -2.35. The van der Waals surface area contributed by atoms with Crippen molar-refractivity contribution < 1.29 is 4.79 Å². The number of hydrogen-bond donors (Lipinski definition) is 1. The first-order chi connectivity index (χ1) is 13.7. The number of anilines is 1. The van der Waals surface area contributed by atoms with Gasteiger partial charge in [-0.1, -0.05) is 49.4 Å². The second-order valence-electron chi connectivity index (χ2n) is 7.02. The van der Waals surface area contributed by atoms with E-state index in [0.29, 0.717) is 18.1 Å². The first kappa shape index (κ1) is 20.0. The van der Waals surface area contributed by atoms with Crippen molar-refractivity contribution in [3.05, 3.63) is 59.6 Å². The van der Waals surface area contributed by atoms with E-state index in [-0.39, 0.29) is 5.91 Å². The maximum Gasteiger partial charge on any atom is 0.270 e. The van der Waals surface area contributed by atoms with Gasteiger partial charge in [-0.25, -0.2) is 9.97 Å². The lowest BCUT2D eigenvalue weighted by atomic mass is 10.2. The van der Waals surface area contributed by atoms with Crippen LogP contribution in [0.25, 0.3) is 6.08 Å². The highest BCUT2D eigenvalue weighted by atomic mass is 16.1. The minimum Gasteiger partial charge on any atom is -0.354 e. The maximum absolute atomic E-state index is 12.2. The van der Waals surface area contributed by atoms with Crippen LogP contribution in [0.2, 0.25) is 0 Å². The number of aryl methyl sites for hydroxylation is 1. The lowest BCUT2D eigenvalue weighted by Crippen LogP contribution is -2.46. The summed E-state index contributed by atoms with van der Waals surface area (Å²) in [5, 5.41) is 2.89. The number of carbonyl (C=O) groups excluding carboxylic acids is 1. The highest BCUT2D eigenvalue weighted by Gasteiger charge is 2.19. The highest BCUT2D eigenvalue weighted by Crippen LogP contribution is 2.15. The van der Waals surface area contributed by atoms with Crippen LogP contribution >= 0.6 is 0 Å². The number of piperazine rings is 1. The Balaban J connectivity index is 1.55. The number of carbonyl (C=O) groups is 1. The van der Waals surface area contributed by atoms with Crippen LogP contribution in [0.1, 0.15) is 35.2 Å². The van der Waals surface area contributed by atoms with Gasteiger partial charge < -0.3 is 10.2 Å². The molecule has 148 valence electrons. The smallest absolute Gasteiger partial charge is 0.270 e. The molecule has 1 aromatic carbocycles. The molecule has 0 aliphatic carbocycles. The lowest BCUT2D eigenvalue weighted by molar-refractivity contribution is 0.0948. The Morgan fingerprint density at radius 2 is 1.89 bits per heavy atom. The van der Waals surface area contributed by atoms with E-state index < -0.39 is 0 Å². The summed E-state index contributed by atoms with van der Waals surface area (Å²) < 4.78 is 0. The van der Waals surface area contributed by atoms with Crippen LogP contribution in [0.3, 0.4) is 0 Å². The number of aromatic nitrogens is 2. The number of hydrogen-bond acceptors (Lipinski definition) is 5. The predicted octanol–water partition coefficient (Wildman–Crippen LogP) is 2.76. The number of nitrogens with zero attached hydrogens (tertiary/aromatic N) is 4. The Labute approximate surface area is 167 Å². The van der Waals surface area contributed by atoms with Crippen LogP contribution in [-0.2, 0) is 0 Å². The second-order valence-corrected chi connectivity index (χ2v) is 7.02. The van der Waals surface area contributed by atoms with E-state index in [1.807, 2.05) is 26.0 Å². The molecule has 2 heterocycles. The van der Waals surface area contributed by atoms with Crippen molar-refractivity contribution >= 4 is 17.8 Å². The van der Waals surface area contributed by atoms with E-state index in [4.69, 9.17) is 0 Å². The van der Waals surface area contributed by atoms with E-state index in [0.717, 1.165) is 45.0 Å². The summed E-state index contributed by atoms with van der Waals surface area (Å²) in [5.41, 5.74) is 1.68. The number of rotatable bonds is 7. The molecule has 6 heteroatoms. The molecule has 2 aromatic rings. The zero-order chi connectivity index (χ0) is 19.8. The van der Waals surface area contributed by atoms with Crippen molar-refractivity contribution in [3.8, 4) is 0 Å². The van der Waals surface area contributed by atoms with Gasteiger partial charge >= 0.3 is 0 Å². The van der Waals surface area contributed by atoms with Crippen LogP contribution in [0.15, 0.2) is 42.5 Å². The zero-order valence-corrected chi connectivity index (χ0v) is 16.8. The molecule has 1 saturated heterocycles. The Hall–Kier alpha value is -2.73. The molecule has 1 aromatic heterocycles. The molecule has 0 bridgehead atoms. The summed E-state index contributed by atoms with van der Waals surface area (Å²) in [6, 6.07) is 12.2. The average molecular weight is 380 g/mol. The first-order valence-corrected chi connectivity index (χ1v) is 9.98. The SMILES string of the molecule is CCCNC(=O)c1cc(N2CCN(C/C=C/c3ccccc3)CC2)nc(C)n1. The summed E-state index contributed by atoms with van der Waals surface area (Å²) in [6.07, 6.45) is 5.29. The molecule has 1 amide bonds. The molecule has 0 radical (unpaired) electrons. The van der Waals surface area contributed by atoms with Crippen molar-refractivity contribution in [2.45, 2.75) is 20.3 Å². The first-order valence-electron chi connectivity index (χ1n) is 9.98. The van der Waals surface area contributed by atoms with E-state index in [2.05, 4.69) is 61.5 Å². The molecule has 1 aliphatic rings. The van der Waals surface area contributed by atoms with Crippen molar-refractivity contribution in [2.24, 2.45) is 0 Å². The van der Waals surface area contributed by atoms with Crippen molar-refractivity contribution in [1.82, 2.24) is 20.2 Å².